The minimum absolute atomic E-state index is 0.199. The van der Waals surface area contributed by atoms with Crippen molar-refractivity contribution < 1.29 is 4.39 Å². The number of benzene rings is 1. The second kappa shape index (κ2) is 5.32. The normalized spacial score (nSPS) is 13.5. The van der Waals surface area contributed by atoms with Crippen LogP contribution in [0.15, 0.2) is 30.6 Å². The summed E-state index contributed by atoms with van der Waals surface area (Å²) in [4.78, 5) is 13.5. The number of thiophene rings is 1. The van der Waals surface area contributed by atoms with Gasteiger partial charge < -0.3 is 4.90 Å². The van der Waals surface area contributed by atoms with Gasteiger partial charge >= 0.3 is 0 Å². The number of nitrogens with zero attached hydrogens (tertiary/aromatic N) is 3. The topological polar surface area (TPSA) is 29.0 Å². The lowest BCUT2D eigenvalue weighted by atomic mass is 10.1. The molecule has 1 aliphatic carbocycles. The van der Waals surface area contributed by atoms with Gasteiger partial charge in [0, 0.05) is 18.5 Å². The van der Waals surface area contributed by atoms with Gasteiger partial charge in [-0.15, -0.1) is 11.3 Å². The maximum atomic E-state index is 13.4. The molecule has 3 nitrogen and oxygen atoms in total. The summed E-state index contributed by atoms with van der Waals surface area (Å²) < 4.78 is 13.4. The number of halogens is 1. The Morgan fingerprint density at radius 3 is 3.05 bits per heavy atom. The van der Waals surface area contributed by atoms with Gasteiger partial charge in [-0.3, -0.25) is 0 Å². The Kier molecular flexibility index (Phi) is 3.30. The number of anilines is 1. The van der Waals surface area contributed by atoms with E-state index in [1.807, 2.05) is 13.1 Å². The largest absolute Gasteiger partial charge is 0.355 e. The van der Waals surface area contributed by atoms with Crippen molar-refractivity contribution in [1.82, 2.24) is 9.97 Å². The first-order valence-corrected chi connectivity index (χ1v) is 8.25. The number of fused-ring (bicyclic) bond motifs is 3. The Morgan fingerprint density at radius 2 is 2.18 bits per heavy atom. The number of hydrogen-bond donors (Lipinski definition) is 0. The second-order valence-corrected chi connectivity index (χ2v) is 6.80. The third-order valence-corrected chi connectivity index (χ3v) is 5.35. The van der Waals surface area contributed by atoms with Crippen molar-refractivity contribution in [2.75, 3.05) is 11.9 Å². The van der Waals surface area contributed by atoms with Crippen LogP contribution in [0.3, 0.4) is 0 Å². The smallest absolute Gasteiger partial charge is 0.141 e. The predicted molar refractivity (Wildman–Crippen MR) is 87.9 cm³/mol. The Hall–Kier alpha value is -2.01. The average molecular weight is 313 g/mol. The van der Waals surface area contributed by atoms with Crippen LogP contribution < -0.4 is 4.90 Å². The average Bonchev–Trinajstić information content (AvgIpc) is 3.07. The van der Waals surface area contributed by atoms with Gasteiger partial charge in [0.15, 0.2) is 0 Å². The summed E-state index contributed by atoms with van der Waals surface area (Å²) in [6.45, 7) is 0.633. The zero-order valence-electron chi connectivity index (χ0n) is 12.3. The number of hydrogen-bond acceptors (Lipinski definition) is 4. The number of aryl methyl sites for hydroxylation is 2. The van der Waals surface area contributed by atoms with E-state index in [0.717, 1.165) is 29.1 Å². The molecule has 0 unspecified atom stereocenters. The van der Waals surface area contributed by atoms with Crippen LogP contribution in [0, 0.1) is 5.82 Å². The van der Waals surface area contributed by atoms with Crippen LogP contribution in [0.25, 0.3) is 10.2 Å². The summed E-state index contributed by atoms with van der Waals surface area (Å²) in [5.74, 6) is 0.754. The highest BCUT2D eigenvalue weighted by atomic mass is 32.1. The summed E-state index contributed by atoms with van der Waals surface area (Å²) in [6, 6.07) is 6.73. The van der Waals surface area contributed by atoms with E-state index in [1.54, 1.807) is 29.8 Å². The van der Waals surface area contributed by atoms with Crippen LogP contribution in [-0.2, 0) is 19.4 Å². The van der Waals surface area contributed by atoms with Gasteiger partial charge in [0.05, 0.1) is 5.39 Å². The Balaban J connectivity index is 1.74. The maximum absolute atomic E-state index is 13.4. The predicted octanol–water partition coefficient (Wildman–Crippen LogP) is 3.96. The maximum Gasteiger partial charge on any atom is 0.141 e. The molecule has 112 valence electrons. The molecule has 0 saturated carbocycles. The first-order chi connectivity index (χ1) is 10.7. The fourth-order valence-corrected chi connectivity index (χ4v) is 4.41. The molecule has 2 heterocycles. The van der Waals surface area contributed by atoms with Gasteiger partial charge in [-0.05, 0) is 42.5 Å². The number of rotatable bonds is 3. The minimum atomic E-state index is -0.199. The molecule has 0 amide bonds. The molecule has 0 radical (unpaired) electrons. The molecule has 0 fully saturated rings. The van der Waals surface area contributed by atoms with Crippen LogP contribution in [0.2, 0.25) is 0 Å². The molecule has 0 bridgehead atoms. The monoisotopic (exact) mass is 313 g/mol. The van der Waals surface area contributed by atoms with Crippen molar-refractivity contribution in [3.05, 3.63) is 52.4 Å². The van der Waals surface area contributed by atoms with Crippen molar-refractivity contribution in [2.45, 2.75) is 25.8 Å². The van der Waals surface area contributed by atoms with E-state index in [1.165, 1.54) is 28.3 Å². The molecule has 5 heteroatoms. The molecule has 0 spiro atoms. The lowest BCUT2D eigenvalue weighted by Crippen LogP contribution is -2.18. The summed E-state index contributed by atoms with van der Waals surface area (Å²) in [6.07, 6.45) is 5.12. The van der Waals surface area contributed by atoms with Gasteiger partial charge in [0.25, 0.3) is 0 Å². The van der Waals surface area contributed by atoms with Crippen LogP contribution in [-0.4, -0.2) is 17.0 Å². The summed E-state index contributed by atoms with van der Waals surface area (Å²) in [5.41, 5.74) is 2.36. The van der Waals surface area contributed by atoms with E-state index in [-0.39, 0.29) is 5.82 Å². The summed E-state index contributed by atoms with van der Waals surface area (Å²) >= 11 is 1.79. The van der Waals surface area contributed by atoms with Gasteiger partial charge in [-0.25, -0.2) is 14.4 Å². The molecule has 1 aliphatic rings. The molecule has 0 N–H and O–H groups in total. The molecular formula is C17H16FN3S. The highest BCUT2D eigenvalue weighted by molar-refractivity contribution is 7.19. The number of aromatic nitrogens is 2. The molecule has 0 aliphatic heterocycles. The fraction of sp³-hybridized carbons (Fsp3) is 0.294. The van der Waals surface area contributed by atoms with Crippen molar-refractivity contribution in [2.24, 2.45) is 0 Å². The Labute approximate surface area is 132 Å². The van der Waals surface area contributed by atoms with Crippen molar-refractivity contribution >= 4 is 27.4 Å². The van der Waals surface area contributed by atoms with E-state index in [0.29, 0.717) is 6.54 Å². The highest BCUT2D eigenvalue weighted by Crippen LogP contribution is 2.40. The van der Waals surface area contributed by atoms with E-state index < -0.39 is 0 Å². The third kappa shape index (κ3) is 2.25. The van der Waals surface area contributed by atoms with Gasteiger partial charge in [-0.2, -0.15) is 0 Å². The molecular weight excluding hydrogens is 297 g/mol. The highest BCUT2D eigenvalue weighted by Gasteiger charge is 2.22. The standard InChI is InChI=1S/C17H16FN3S/c1-21(9-11-4-2-5-12(18)8-11)16-15-13-6-3-7-14(13)22-17(15)20-10-19-16/h2,4-5,8,10H,3,6-7,9H2,1H3. The fourth-order valence-electron chi connectivity index (χ4n) is 3.19. The molecule has 0 atom stereocenters. The van der Waals surface area contributed by atoms with Crippen LogP contribution in [0.5, 0.6) is 0 Å². The third-order valence-electron chi connectivity index (χ3n) is 4.15. The first kappa shape index (κ1) is 13.6. The van der Waals surface area contributed by atoms with Crippen LogP contribution in [0.1, 0.15) is 22.4 Å². The molecule has 1 aromatic carbocycles. The molecule has 4 rings (SSSR count). The zero-order chi connectivity index (χ0) is 15.1. The molecule has 2 aromatic heterocycles. The van der Waals surface area contributed by atoms with Crippen molar-refractivity contribution in [1.29, 1.82) is 0 Å². The molecule has 3 aromatic rings. The minimum Gasteiger partial charge on any atom is -0.355 e. The van der Waals surface area contributed by atoms with Gasteiger partial charge in [0.2, 0.25) is 0 Å². The molecule has 22 heavy (non-hydrogen) atoms. The van der Waals surface area contributed by atoms with E-state index in [4.69, 9.17) is 0 Å². The van der Waals surface area contributed by atoms with E-state index in [2.05, 4.69) is 14.9 Å². The Morgan fingerprint density at radius 1 is 1.27 bits per heavy atom. The van der Waals surface area contributed by atoms with Crippen LogP contribution in [0.4, 0.5) is 10.2 Å². The summed E-state index contributed by atoms with van der Waals surface area (Å²) in [7, 11) is 2.01. The SMILES string of the molecule is CN(Cc1cccc(F)c1)c1ncnc2sc3c(c12)CCC3. The van der Waals surface area contributed by atoms with Crippen molar-refractivity contribution in [3.8, 4) is 0 Å². The van der Waals surface area contributed by atoms with Crippen molar-refractivity contribution in [3.63, 3.8) is 0 Å². The quantitative estimate of drug-likeness (QED) is 0.733. The van der Waals surface area contributed by atoms with Gasteiger partial charge in [-0.1, -0.05) is 12.1 Å². The summed E-state index contributed by atoms with van der Waals surface area (Å²) in [5, 5.41) is 1.19. The van der Waals surface area contributed by atoms with Gasteiger partial charge in [0.1, 0.15) is 22.8 Å². The lowest BCUT2D eigenvalue weighted by Gasteiger charge is -2.19. The van der Waals surface area contributed by atoms with E-state index >= 15 is 0 Å². The Bertz CT molecular complexity index is 843. The molecule has 0 saturated heterocycles. The first-order valence-electron chi connectivity index (χ1n) is 7.43. The van der Waals surface area contributed by atoms with E-state index in [9.17, 15) is 4.39 Å². The second-order valence-electron chi connectivity index (χ2n) is 5.72. The van der Waals surface area contributed by atoms with Crippen LogP contribution >= 0.6 is 11.3 Å². The lowest BCUT2D eigenvalue weighted by molar-refractivity contribution is 0.625. The zero-order valence-corrected chi connectivity index (χ0v) is 13.2.